The topological polar surface area (TPSA) is 133 Å². The van der Waals surface area contributed by atoms with Gasteiger partial charge < -0.3 is 25.4 Å². The van der Waals surface area contributed by atoms with Crippen LogP contribution in [0.4, 0.5) is 0 Å². The van der Waals surface area contributed by atoms with Crippen LogP contribution >= 0.6 is 11.6 Å². The number of hydrogen-bond acceptors (Lipinski definition) is 5. The van der Waals surface area contributed by atoms with Gasteiger partial charge in [0.25, 0.3) is 5.91 Å². The van der Waals surface area contributed by atoms with E-state index in [9.17, 15) is 24.0 Å². The second kappa shape index (κ2) is 11.1. The summed E-state index contributed by atoms with van der Waals surface area (Å²) in [6.07, 6.45) is 0.764. The molecule has 32 heavy (non-hydrogen) atoms. The Morgan fingerprint density at radius 1 is 1.25 bits per heavy atom. The molecule has 0 saturated carbocycles. The van der Waals surface area contributed by atoms with E-state index in [1.54, 1.807) is 39.0 Å². The highest BCUT2D eigenvalue weighted by molar-refractivity contribution is 6.31. The van der Waals surface area contributed by atoms with Crippen molar-refractivity contribution in [2.75, 3.05) is 6.54 Å². The van der Waals surface area contributed by atoms with Crippen molar-refractivity contribution in [2.45, 2.75) is 58.2 Å². The lowest BCUT2D eigenvalue weighted by atomic mass is 10.0. The van der Waals surface area contributed by atoms with E-state index in [0.29, 0.717) is 41.8 Å². The Morgan fingerprint density at radius 3 is 2.53 bits per heavy atom. The van der Waals surface area contributed by atoms with Gasteiger partial charge in [-0.1, -0.05) is 31.5 Å². The molecule has 0 bridgehead atoms. The molecule has 1 aromatic rings. The van der Waals surface area contributed by atoms with Crippen LogP contribution in [0, 0.1) is 12.8 Å². The van der Waals surface area contributed by atoms with E-state index in [-0.39, 0.29) is 5.92 Å². The molecule has 1 aliphatic heterocycles. The van der Waals surface area contributed by atoms with Crippen LogP contribution in [-0.2, 0) is 19.2 Å². The number of benzene rings is 1. The quantitative estimate of drug-likeness (QED) is 0.474. The number of halogens is 1. The van der Waals surface area contributed by atoms with Crippen molar-refractivity contribution >= 4 is 41.6 Å². The summed E-state index contributed by atoms with van der Waals surface area (Å²) in [6, 6.07) is 2.04. The van der Waals surface area contributed by atoms with Crippen LogP contribution in [0.3, 0.4) is 0 Å². The predicted molar refractivity (Wildman–Crippen MR) is 117 cm³/mol. The van der Waals surface area contributed by atoms with Crippen LogP contribution in [0.2, 0.25) is 5.02 Å². The average molecular weight is 466 g/mol. The second-order valence-corrected chi connectivity index (χ2v) is 8.55. The smallest absolute Gasteiger partial charge is 0.305 e. The van der Waals surface area contributed by atoms with Gasteiger partial charge in [-0.3, -0.25) is 19.2 Å². The molecule has 1 saturated heterocycles. The third-order valence-corrected chi connectivity index (χ3v) is 5.87. The summed E-state index contributed by atoms with van der Waals surface area (Å²) < 4.78 is 0. The van der Waals surface area contributed by atoms with Crippen molar-refractivity contribution in [3.05, 3.63) is 34.3 Å². The molecule has 0 radical (unpaired) electrons. The van der Waals surface area contributed by atoms with Gasteiger partial charge in [0.2, 0.25) is 11.8 Å². The summed E-state index contributed by atoms with van der Waals surface area (Å²) >= 11 is 6.10. The molecule has 0 unspecified atom stereocenters. The second-order valence-electron chi connectivity index (χ2n) is 8.15. The van der Waals surface area contributed by atoms with E-state index in [1.807, 2.05) is 0 Å². The highest BCUT2D eigenvalue weighted by Gasteiger charge is 2.39. The summed E-state index contributed by atoms with van der Waals surface area (Å²) in [5.41, 5.74) is 0.951. The van der Waals surface area contributed by atoms with Gasteiger partial charge >= 0.3 is 5.97 Å². The molecule has 3 N–H and O–H groups in total. The Balaban J connectivity index is 2.16. The summed E-state index contributed by atoms with van der Waals surface area (Å²) in [4.78, 5) is 62.1. The maximum absolute atomic E-state index is 13.3. The number of carbonyl (C=O) groups excluding carboxylic acids is 4. The normalized spacial score (nSPS) is 17.5. The molecular weight excluding hydrogens is 438 g/mol. The minimum Gasteiger partial charge on any atom is -0.481 e. The first-order chi connectivity index (χ1) is 15.1. The standard InChI is InChI=1S/C22H28ClN3O6/c1-12(2)19(25-20(30)15-6-4-7-16(23)13(15)3)22(32)26-9-5-8-17(26)21(31)24-14(11-27)10-18(28)29/h4,6-7,11-12,14,17,19H,5,8-10H2,1-3H3,(H,24,31)(H,25,30)(H,28,29)/t14-,17-,19-/m0/s1. The van der Waals surface area contributed by atoms with Crippen LogP contribution < -0.4 is 10.6 Å². The van der Waals surface area contributed by atoms with E-state index >= 15 is 0 Å². The fourth-order valence-corrected chi connectivity index (χ4v) is 3.84. The van der Waals surface area contributed by atoms with Crippen molar-refractivity contribution in [1.82, 2.24) is 15.5 Å². The lowest BCUT2D eigenvalue weighted by Gasteiger charge is -2.31. The number of rotatable bonds is 9. The molecule has 9 nitrogen and oxygen atoms in total. The van der Waals surface area contributed by atoms with Gasteiger partial charge in [0.1, 0.15) is 18.4 Å². The third kappa shape index (κ3) is 6.06. The van der Waals surface area contributed by atoms with Crippen LogP contribution in [-0.4, -0.2) is 64.7 Å². The van der Waals surface area contributed by atoms with Crippen molar-refractivity contribution in [2.24, 2.45) is 5.92 Å². The van der Waals surface area contributed by atoms with Crippen LogP contribution in [0.5, 0.6) is 0 Å². The average Bonchev–Trinajstić information content (AvgIpc) is 3.22. The summed E-state index contributed by atoms with van der Waals surface area (Å²) in [5.74, 6) is -2.93. The monoisotopic (exact) mass is 465 g/mol. The van der Waals surface area contributed by atoms with Gasteiger partial charge in [-0.15, -0.1) is 0 Å². The van der Waals surface area contributed by atoms with Gasteiger partial charge in [0.05, 0.1) is 12.5 Å². The SMILES string of the molecule is Cc1c(Cl)cccc1C(=O)N[C@H](C(=O)N1CCC[C@H]1C(=O)N[C@H](C=O)CC(=O)O)C(C)C. The first-order valence-corrected chi connectivity index (χ1v) is 10.8. The Bertz CT molecular complexity index is 904. The van der Waals surface area contributed by atoms with Gasteiger partial charge in [-0.2, -0.15) is 0 Å². The van der Waals surface area contributed by atoms with E-state index in [0.717, 1.165) is 0 Å². The number of amides is 3. The lowest BCUT2D eigenvalue weighted by Crippen LogP contribution is -2.56. The first-order valence-electron chi connectivity index (χ1n) is 10.4. The van der Waals surface area contributed by atoms with Crippen molar-refractivity contribution in [1.29, 1.82) is 0 Å². The van der Waals surface area contributed by atoms with Gasteiger partial charge in [0, 0.05) is 17.1 Å². The number of aliphatic carboxylic acids is 1. The third-order valence-electron chi connectivity index (χ3n) is 5.46. The number of likely N-dealkylation sites (tertiary alicyclic amines) is 1. The first kappa shape index (κ1) is 25.3. The largest absolute Gasteiger partial charge is 0.481 e. The molecule has 1 fully saturated rings. The number of nitrogens with zero attached hydrogens (tertiary/aromatic N) is 1. The number of carbonyl (C=O) groups is 5. The summed E-state index contributed by atoms with van der Waals surface area (Å²) in [5, 5.41) is 14.4. The molecule has 0 aromatic heterocycles. The summed E-state index contributed by atoms with van der Waals surface area (Å²) in [7, 11) is 0. The Kier molecular flexibility index (Phi) is 8.77. The molecule has 3 amide bonds. The molecule has 3 atom stereocenters. The number of carboxylic acids is 1. The number of aldehydes is 1. The minimum absolute atomic E-state index is 0.259. The van der Waals surface area contributed by atoms with Crippen LogP contribution in [0.25, 0.3) is 0 Å². The van der Waals surface area contributed by atoms with E-state index in [1.165, 1.54) is 4.90 Å². The van der Waals surface area contributed by atoms with E-state index < -0.39 is 48.2 Å². The fraction of sp³-hybridized carbons (Fsp3) is 0.500. The Hall–Kier alpha value is -2.94. The van der Waals surface area contributed by atoms with Gasteiger partial charge in [-0.25, -0.2) is 0 Å². The molecular formula is C22H28ClN3O6. The zero-order valence-corrected chi connectivity index (χ0v) is 19.0. The molecule has 2 rings (SSSR count). The maximum atomic E-state index is 13.3. The molecule has 1 heterocycles. The number of hydrogen-bond donors (Lipinski definition) is 3. The predicted octanol–water partition coefficient (Wildman–Crippen LogP) is 1.55. The summed E-state index contributed by atoms with van der Waals surface area (Å²) in [6.45, 7) is 5.60. The molecule has 10 heteroatoms. The van der Waals surface area contributed by atoms with Gasteiger partial charge in [-0.05, 0) is 43.4 Å². The van der Waals surface area contributed by atoms with Crippen molar-refractivity contribution < 1.29 is 29.1 Å². The number of carboxylic acid groups (broad SMARTS) is 1. The van der Waals surface area contributed by atoms with Crippen LogP contribution in [0.15, 0.2) is 18.2 Å². The Labute approximate surface area is 191 Å². The Morgan fingerprint density at radius 2 is 1.94 bits per heavy atom. The lowest BCUT2D eigenvalue weighted by molar-refractivity contribution is -0.142. The van der Waals surface area contributed by atoms with E-state index in [4.69, 9.17) is 16.7 Å². The molecule has 0 spiro atoms. The molecule has 0 aliphatic carbocycles. The molecule has 1 aromatic carbocycles. The highest BCUT2D eigenvalue weighted by Crippen LogP contribution is 2.22. The van der Waals surface area contributed by atoms with Crippen LogP contribution in [0.1, 0.15) is 49.0 Å². The fourth-order valence-electron chi connectivity index (χ4n) is 3.67. The molecule has 1 aliphatic rings. The minimum atomic E-state index is -1.22. The van der Waals surface area contributed by atoms with E-state index in [2.05, 4.69) is 10.6 Å². The van der Waals surface area contributed by atoms with Crippen molar-refractivity contribution in [3.8, 4) is 0 Å². The highest BCUT2D eigenvalue weighted by atomic mass is 35.5. The van der Waals surface area contributed by atoms with Gasteiger partial charge in [0.15, 0.2) is 0 Å². The maximum Gasteiger partial charge on any atom is 0.305 e. The number of nitrogens with one attached hydrogen (secondary N) is 2. The molecule has 174 valence electrons. The zero-order chi connectivity index (χ0) is 24.0. The zero-order valence-electron chi connectivity index (χ0n) is 18.3. The van der Waals surface area contributed by atoms with Crippen molar-refractivity contribution in [3.63, 3.8) is 0 Å².